The third kappa shape index (κ3) is 6.13. The second-order valence-electron chi connectivity index (χ2n) is 6.57. The lowest BCUT2D eigenvalue weighted by Gasteiger charge is -2.09. The van der Waals surface area contributed by atoms with Crippen molar-refractivity contribution in [3.8, 4) is 0 Å². The number of hydrogen-bond donors (Lipinski definition) is 2. The molecule has 0 saturated carbocycles. The highest BCUT2D eigenvalue weighted by molar-refractivity contribution is 7.99. The van der Waals surface area contributed by atoms with Crippen LogP contribution in [0.3, 0.4) is 0 Å². The summed E-state index contributed by atoms with van der Waals surface area (Å²) in [5.74, 6) is 0.190. The van der Waals surface area contributed by atoms with Gasteiger partial charge in [0.1, 0.15) is 0 Å². The van der Waals surface area contributed by atoms with Crippen LogP contribution in [0.5, 0.6) is 0 Å². The van der Waals surface area contributed by atoms with Gasteiger partial charge in [0.25, 0.3) is 5.91 Å². The molecule has 162 valence electrons. The van der Waals surface area contributed by atoms with Gasteiger partial charge in [0.05, 0.1) is 22.3 Å². The molecular formula is C20H18Cl3N5O2S. The molecule has 0 bridgehead atoms. The Morgan fingerprint density at radius 3 is 2.58 bits per heavy atom. The summed E-state index contributed by atoms with van der Waals surface area (Å²) in [7, 11) is 1.77. The average Bonchev–Trinajstić information content (AvgIpc) is 3.09. The second-order valence-corrected chi connectivity index (χ2v) is 8.76. The molecule has 1 aromatic heterocycles. The summed E-state index contributed by atoms with van der Waals surface area (Å²) < 4.78 is 1.72. The Kier molecular flexibility index (Phi) is 7.83. The molecule has 31 heavy (non-hydrogen) atoms. The van der Waals surface area contributed by atoms with E-state index in [-0.39, 0.29) is 24.1 Å². The van der Waals surface area contributed by atoms with E-state index in [1.165, 1.54) is 17.8 Å². The van der Waals surface area contributed by atoms with Crippen LogP contribution in [0.15, 0.2) is 41.6 Å². The predicted molar refractivity (Wildman–Crippen MR) is 124 cm³/mol. The molecule has 0 fully saturated rings. The fourth-order valence-corrected chi connectivity index (χ4v) is 3.77. The minimum Gasteiger partial charge on any atom is -0.345 e. The van der Waals surface area contributed by atoms with E-state index in [9.17, 15) is 9.59 Å². The molecular weight excluding hydrogens is 481 g/mol. The fraction of sp³-hybridized carbons (Fsp3) is 0.200. The minimum atomic E-state index is -0.313. The zero-order chi connectivity index (χ0) is 22.5. The summed E-state index contributed by atoms with van der Waals surface area (Å²) >= 11 is 19.0. The number of thioether (sulfide) groups is 1. The Balaban J connectivity index is 1.54. The predicted octanol–water partition coefficient (Wildman–Crippen LogP) is 4.74. The average molecular weight is 499 g/mol. The highest BCUT2D eigenvalue weighted by Crippen LogP contribution is 2.23. The molecule has 2 aromatic carbocycles. The van der Waals surface area contributed by atoms with E-state index in [0.29, 0.717) is 37.3 Å². The summed E-state index contributed by atoms with van der Waals surface area (Å²) in [5.41, 5.74) is 1.97. The maximum absolute atomic E-state index is 12.3. The number of anilines is 1. The van der Waals surface area contributed by atoms with Gasteiger partial charge in [-0.3, -0.25) is 9.59 Å². The number of nitrogens with zero attached hydrogens (tertiary/aromatic N) is 3. The number of hydrogen-bond acceptors (Lipinski definition) is 5. The van der Waals surface area contributed by atoms with E-state index >= 15 is 0 Å². The molecule has 0 aliphatic carbocycles. The second kappa shape index (κ2) is 10.4. The number of aryl methyl sites for hydroxylation is 1. The number of aromatic nitrogens is 3. The number of carbonyl (C=O) groups is 2. The normalized spacial score (nSPS) is 10.7. The molecule has 0 spiro atoms. The van der Waals surface area contributed by atoms with Crippen molar-refractivity contribution in [3.63, 3.8) is 0 Å². The van der Waals surface area contributed by atoms with Gasteiger partial charge in [-0.25, -0.2) is 0 Å². The zero-order valence-corrected chi connectivity index (χ0v) is 19.7. The Morgan fingerprint density at radius 2 is 1.84 bits per heavy atom. The Bertz CT molecular complexity index is 1140. The summed E-state index contributed by atoms with van der Waals surface area (Å²) in [4.78, 5) is 24.6. The molecule has 2 N–H and O–H groups in total. The summed E-state index contributed by atoms with van der Waals surface area (Å²) in [6.45, 7) is 2.05. The van der Waals surface area contributed by atoms with Crippen molar-refractivity contribution in [1.29, 1.82) is 0 Å². The van der Waals surface area contributed by atoms with Crippen LogP contribution < -0.4 is 10.6 Å². The van der Waals surface area contributed by atoms with Crippen molar-refractivity contribution in [2.24, 2.45) is 7.05 Å². The highest BCUT2D eigenvalue weighted by Gasteiger charge is 2.14. The molecule has 0 unspecified atom stereocenters. The van der Waals surface area contributed by atoms with Crippen LogP contribution in [0.2, 0.25) is 15.1 Å². The Morgan fingerprint density at radius 1 is 1.06 bits per heavy atom. The standard InChI is InChI=1S/C20H18Cl3N5O2S/c1-11-3-5-13(21)8-16(11)25-18(29)10-31-20-27-26-17(28(20)2)9-24-19(30)12-4-6-14(22)15(23)7-12/h3-8H,9-10H2,1-2H3,(H,24,30)(H,25,29). The summed E-state index contributed by atoms with van der Waals surface area (Å²) in [6, 6.07) is 9.95. The third-order valence-electron chi connectivity index (χ3n) is 4.32. The first-order chi connectivity index (χ1) is 14.7. The number of halogens is 3. The first-order valence-corrected chi connectivity index (χ1v) is 11.2. The molecule has 0 aliphatic heterocycles. The number of carbonyl (C=O) groups excluding carboxylic acids is 2. The van der Waals surface area contributed by atoms with Crippen LogP contribution in [0, 0.1) is 6.92 Å². The summed E-state index contributed by atoms with van der Waals surface area (Å²) in [6.07, 6.45) is 0. The number of rotatable bonds is 7. The van der Waals surface area contributed by atoms with Gasteiger partial charge < -0.3 is 15.2 Å². The number of benzene rings is 2. The van der Waals surface area contributed by atoms with E-state index < -0.39 is 0 Å². The highest BCUT2D eigenvalue weighted by atomic mass is 35.5. The third-order valence-corrected chi connectivity index (χ3v) is 6.31. The van der Waals surface area contributed by atoms with Crippen molar-refractivity contribution in [1.82, 2.24) is 20.1 Å². The molecule has 0 saturated heterocycles. The lowest BCUT2D eigenvalue weighted by molar-refractivity contribution is -0.113. The van der Waals surface area contributed by atoms with Gasteiger partial charge in [-0.15, -0.1) is 10.2 Å². The van der Waals surface area contributed by atoms with E-state index in [0.717, 1.165) is 5.56 Å². The van der Waals surface area contributed by atoms with Crippen molar-refractivity contribution in [2.75, 3.05) is 11.1 Å². The quantitative estimate of drug-likeness (QED) is 0.459. The lowest BCUT2D eigenvalue weighted by Crippen LogP contribution is -2.24. The molecule has 11 heteroatoms. The molecule has 3 rings (SSSR count). The van der Waals surface area contributed by atoms with Gasteiger partial charge in [-0.2, -0.15) is 0 Å². The van der Waals surface area contributed by atoms with Gasteiger partial charge in [-0.1, -0.05) is 52.6 Å². The van der Waals surface area contributed by atoms with Crippen LogP contribution in [0.1, 0.15) is 21.7 Å². The van der Waals surface area contributed by atoms with Crippen molar-refractivity contribution >= 4 is 64.1 Å². The van der Waals surface area contributed by atoms with Gasteiger partial charge in [0.2, 0.25) is 5.91 Å². The van der Waals surface area contributed by atoms with Crippen molar-refractivity contribution in [3.05, 3.63) is 68.4 Å². The van der Waals surface area contributed by atoms with Gasteiger partial charge in [0, 0.05) is 23.3 Å². The molecule has 0 radical (unpaired) electrons. The Labute approximate surface area is 198 Å². The largest absolute Gasteiger partial charge is 0.345 e. The first-order valence-electron chi connectivity index (χ1n) is 9.05. The molecule has 7 nitrogen and oxygen atoms in total. The monoisotopic (exact) mass is 497 g/mol. The van der Waals surface area contributed by atoms with E-state index in [2.05, 4.69) is 20.8 Å². The molecule has 0 aliphatic rings. The summed E-state index contributed by atoms with van der Waals surface area (Å²) in [5, 5.41) is 15.5. The van der Waals surface area contributed by atoms with Crippen LogP contribution in [-0.2, 0) is 18.4 Å². The number of amides is 2. The number of nitrogens with one attached hydrogen (secondary N) is 2. The maximum Gasteiger partial charge on any atom is 0.251 e. The van der Waals surface area contributed by atoms with Crippen LogP contribution in [0.4, 0.5) is 5.69 Å². The zero-order valence-electron chi connectivity index (χ0n) is 16.6. The lowest BCUT2D eigenvalue weighted by atomic mass is 10.2. The topological polar surface area (TPSA) is 88.9 Å². The first kappa shape index (κ1) is 23.4. The molecule has 3 aromatic rings. The van der Waals surface area contributed by atoms with E-state index in [1.54, 1.807) is 35.9 Å². The fourth-order valence-electron chi connectivity index (χ4n) is 2.57. The van der Waals surface area contributed by atoms with Crippen LogP contribution in [-0.4, -0.2) is 32.3 Å². The van der Waals surface area contributed by atoms with Gasteiger partial charge in [0.15, 0.2) is 11.0 Å². The molecule has 0 atom stereocenters. The SMILES string of the molecule is Cc1ccc(Cl)cc1NC(=O)CSc1nnc(CNC(=O)c2ccc(Cl)c(Cl)c2)n1C. The smallest absolute Gasteiger partial charge is 0.251 e. The van der Waals surface area contributed by atoms with Gasteiger partial charge in [-0.05, 0) is 42.8 Å². The maximum atomic E-state index is 12.3. The van der Waals surface area contributed by atoms with Crippen molar-refractivity contribution < 1.29 is 9.59 Å². The van der Waals surface area contributed by atoms with E-state index in [4.69, 9.17) is 34.8 Å². The van der Waals surface area contributed by atoms with Crippen LogP contribution in [0.25, 0.3) is 0 Å². The van der Waals surface area contributed by atoms with Gasteiger partial charge >= 0.3 is 0 Å². The molecule has 2 amide bonds. The van der Waals surface area contributed by atoms with Crippen LogP contribution >= 0.6 is 46.6 Å². The van der Waals surface area contributed by atoms with E-state index in [1.807, 2.05) is 13.0 Å². The Hall–Kier alpha value is -2.26. The van der Waals surface area contributed by atoms with Crippen molar-refractivity contribution in [2.45, 2.75) is 18.6 Å². The molecule has 1 heterocycles. The minimum absolute atomic E-state index is 0.146.